The van der Waals surface area contributed by atoms with Gasteiger partial charge in [0.05, 0.1) is 6.33 Å². The molecule has 6 nitrogen and oxygen atoms in total. The van der Waals surface area contributed by atoms with E-state index in [-0.39, 0.29) is 5.41 Å². The maximum atomic E-state index is 4.64. The Kier molecular flexibility index (Phi) is 6.19. The molecular weight excluding hydrogens is 344 g/mol. The lowest BCUT2D eigenvalue weighted by Gasteiger charge is -2.39. The van der Waals surface area contributed by atoms with Gasteiger partial charge in [-0.1, -0.05) is 32.5 Å². The van der Waals surface area contributed by atoms with Crippen LogP contribution in [0.5, 0.6) is 0 Å². The third-order valence-corrected chi connectivity index (χ3v) is 5.62. The average Bonchev–Trinajstić information content (AvgIpc) is 3.14. The van der Waals surface area contributed by atoms with Crippen molar-refractivity contribution >= 4 is 17.6 Å². The molecule has 0 saturated carbocycles. The Bertz CT molecular complexity index is 674. The van der Waals surface area contributed by atoms with E-state index in [1.165, 1.54) is 0 Å². The molecule has 2 aromatic rings. The fourth-order valence-electron chi connectivity index (χ4n) is 3.35. The molecule has 26 heavy (non-hydrogen) atoms. The molecule has 142 valence electrons. The molecule has 0 radical (unpaired) electrons. The molecule has 3 heterocycles. The molecule has 1 saturated heterocycles. The summed E-state index contributed by atoms with van der Waals surface area (Å²) in [6.07, 6.45) is 11.9. The van der Waals surface area contributed by atoms with Gasteiger partial charge >= 0.3 is 0 Å². The van der Waals surface area contributed by atoms with Gasteiger partial charge in [-0.2, -0.15) is 0 Å². The zero-order valence-electron chi connectivity index (χ0n) is 16.2. The Labute approximate surface area is 160 Å². The van der Waals surface area contributed by atoms with E-state index in [1.807, 2.05) is 37.2 Å². The molecule has 7 heteroatoms. The summed E-state index contributed by atoms with van der Waals surface area (Å²) >= 11 is 1.59. The number of imidazole rings is 1. The summed E-state index contributed by atoms with van der Waals surface area (Å²) in [5, 5.41) is 4.76. The molecule has 0 unspecified atom stereocenters. The highest BCUT2D eigenvalue weighted by Crippen LogP contribution is 2.24. The van der Waals surface area contributed by atoms with Crippen LogP contribution in [0.1, 0.15) is 33.6 Å². The number of hydrogen-bond donors (Lipinski definition) is 1. The van der Waals surface area contributed by atoms with E-state index < -0.39 is 0 Å². The quantitative estimate of drug-likeness (QED) is 0.619. The minimum Gasteiger partial charge on any atom is -0.356 e. The second-order valence-corrected chi connectivity index (χ2v) is 8.78. The monoisotopic (exact) mass is 374 g/mol. The Morgan fingerprint density at radius 1 is 1.27 bits per heavy atom. The SMILES string of the molecule is CSc1nccc(N2CCC(N[C@@H](Cn3ccnc3)C(C)(C)C)CC2)n1. The first-order valence-electron chi connectivity index (χ1n) is 9.29. The predicted octanol–water partition coefficient (Wildman–Crippen LogP) is 3.07. The summed E-state index contributed by atoms with van der Waals surface area (Å²) in [7, 11) is 0. The van der Waals surface area contributed by atoms with Crippen molar-refractivity contribution in [2.75, 3.05) is 24.2 Å². The minimum atomic E-state index is 0.196. The molecule has 0 bridgehead atoms. The second kappa shape index (κ2) is 8.39. The first-order chi connectivity index (χ1) is 12.5. The largest absolute Gasteiger partial charge is 0.356 e. The fraction of sp³-hybridized carbons (Fsp3) is 0.632. The van der Waals surface area contributed by atoms with Crippen molar-refractivity contribution < 1.29 is 0 Å². The van der Waals surface area contributed by atoms with Gasteiger partial charge < -0.3 is 14.8 Å². The van der Waals surface area contributed by atoms with E-state index in [1.54, 1.807) is 11.8 Å². The number of rotatable bonds is 6. The lowest BCUT2D eigenvalue weighted by molar-refractivity contribution is 0.210. The highest BCUT2D eigenvalue weighted by atomic mass is 32.2. The minimum absolute atomic E-state index is 0.196. The van der Waals surface area contributed by atoms with Gasteiger partial charge in [-0.05, 0) is 30.6 Å². The van der Waals surface area contributed by atoms with Gasteiger partial charge in [0.25, 0.3) is 0 Å². The lowest BCUT2D eigenvalue weighted by Crippen LogP contribution is -2.52. The topological polar surface area (TPSA) is 58.9 Å². The van der Waals surface area contributed by atoms with Crippen molar-refractivity contribution in [2.45, 2.75) is 57.4 Å². The number of hydrogen-bond acceptors (Lipinski definition) is 6. The standard InChI is InChI=1S/C19H30N6S/c1-19(2,3)16(13-24-12-9-20-14-24)22-15-6-10-25(11-7-15)17-5-8-21-18(23-17)26-4/h5,8-9,12,14-16,22H,6-7,10-11,13H2,1-4H3/t16-/m0/s1. The van der Waals surface area contributed by atoms with Gasteiger partial charge in [-0.15, -0.1) is 0 Å². The molecule has 1 aliphatic rings. The average molecular weight is 375 g/mol. The molecular formula is C19H30N6S. The van der Waals surface area contributed by atoms with E-state index in [4.69, 9.17) is 0 Å². The van der Waals surface area contributed by atoms with E-state index in [0.29, 0.717) is 12.1 Å². The van der Waals surface area contributed by atoms with Gasteiger partial charge in [0.15, 0.2) is 5.16 Å². The van der Waals surface area contributed by atoms with Crippen LogP contribution in [-0.2, 0) is 6.54 Å². The van der Waals surface area contributed by atoms with Crippen LogP contribution in [0.4, 0.5) is 5.82 Å². The van der Waals surface area contributed by atoms with Crippen molar-refractivity contribution in [3.8, 4) is 0 Å². The first-order valence-corrected chi connectivity index (χ1v) is 10.5. The van der Waals surface area contributed by atoms with E-state index in [9.17, 15) is 0 Å². The van der Waals surface area contributed by atoms with Gasteiger partial charge in [0.1, 0.15) is 5.82 Å². The number of nitrogens with one attached hydrogen (secondary N) is 1. The van der Waals surface area contributed by atoms with Gasteiger partial charge in [0, 0.05) is 50.3 Å². The molecule has 2 aromatic heterocycles. The number of aromatic nitrogens is 4. The van der Waals surface area contributed by atoms with Gasteiger partial charge in [-0.3, -0.25) is 0 Å². The second-order valence-electron chi connectivity index (χ2n) is 8.01. The molecule has 0 spiro atoms. The maximum absolute atomic E-state index is 4.64. The van der Waals surface area contributed by atoms with Crippen molar-refractivity contribution in [3.63, 3.8) is 0 Å². The Morgan fingerprint density at radius 2 is 2.04 bits per heavy atom. The van der Waals surface area contributed by atoms with Crippen LogP contribution in [0.2, 0.25) is 0 Å². The van der Waals surface area contributed by atoms with Crippen molar-refractivity contribution in [1.82, 2.24) is 24.8 Å². The van der Waals surface area contributed by atoms with Crippen LogP contribution in [0.25, 0.3) is 0 Å². The molecule has 0 amide bonds. The summed E-state index contributed by atoms with van der Waals surface area (Å²) in [6, 6.07) is 2.97. The van der Waals surface area contributed by atoms with Crippen molar-refractivity contribution in [3.05, 3.63) is 31.0 Å². The first kappa shape index (κ1) is 19.2. The van der Waals surface area contributed by atoms with Crippen LogP contribution in [0.15, 0.2) is 36.1 Å². The van der Waals surface area contributed by atoms with Crippen LogP contribution in [0.3, 0.4) is 0 Å². The third-order valence-electron chi connectivity index (χ3n) is 5.06. The summed E-state index contributed by atoms with van der Waals surface area (Å²) in [6.45, 7) is 9.94. The zero-order chi connectivity index (χ0) is 18.6. The van der Waals surface area contributed by atoms with Gasteiger partial charge in [-0.25, -0.2) is 15.0 Å². The van der Waals surface area contributed by atoms with E-state index >= 15 is 0 Å². The van der Waals surface area contributed by atoms with Crippen LogP contribution < -0.4 is 10.2 Å². The Balaban J connectivity index is 1.57. The number of anilines is 1. The highest BCUT2D eigenvalue weighted by molar-refractivity contribution is 7.98. The third kappa shape index (κ3) is 4.98. The van der Waals surface area contributed by atoms with Crippen LogP contribution in [0, 0.1) is 5.41 Å². The highest BCUT2D eigenvalue weighted by Gasteiger charge is 2.29. The molecule has 1 fully saturated rings. The number of nitrogens with zero attached hydrogens (tertiary/aromatic N) is 5. The van der Waals surface area contributed by atoms with Crippen molar-refractivity contribution in [2.24, 2.45) is 5.41 Å². The zero-order valence-corrected chi connectivity index (χ0v) is 17.0. The molecule has 1 N–H and O–H groups in total. The smallest absolute Gasteiger partial charge is 0.189 e. The predicted molar refractivity (Wildman–Crippen MR) is 108 cm³/mol. The summed E-state index contributed by atoms with van der Waals surface area (Å²) < 4.78 is 2.17. The number of piperidine rings is 1. The molecule has 1 aliphatic heterocycles. The summed E-state index contributed by atoms with van der Waals surface area (Å²) in [5.41, 5.74) is 0.196. The maximum Gasteiger partial charge on any atom is 0.189 e. The molecule has 1 atom stereocenters. The lowest BCUT2D eigenvalue weighted by atomic mass is 9.85. The molecule has 3 rings (SSSR count). The van der Waals surface area contributed by atoms with Crippen molar-refractivity contribution in [1.29, 1.82) is 0 Å². The fourth-order valence-corrected chi connectivity index (χ4v) is 3.70. The Hall–Kier alpha value is -1.60. The molecule has 0 aromatic carbocycles. The Morgan fingerprint density at radius 3 is 2.65 bits per heavy atom. The number of thioether (sulfide) groups is 1. The molecule has 0 aliphatic carbocycles. The summed E-state index contributed by atoms with van der Waals surface area (Å²) in [5.74, 6) is 1.05. The normalized spacial score (nSPS) is 17.5. The van der Waals surface area contributed by atoms with Gasteiger partial charge in [0.2, 0.25) is 0 Å². The van der Waals surface area contributed by atoms with Crippen LogP contribution in [-0.4, -0.2) is 50.9 Å². The van der Waals surface area contributed by atoms with Crippen LogP contribution >= 0.6 is 11.8 Å². The summed E-state index contributed by atoms with van der Waals surface area (Å²) in [4.78, 5) is 15.5. The van der Waals surface area contributed by atoms with E-state index in [2.05, 4.69) is 50.5 Å². The van der Waals surface area contributed by atoms with E-state index in [0.717, 1.165) is 43.5 Å².